The molecular formula is C15H20N4O. The molecule has 0 unspecified atom stereocenters. The van der Waals surface area contributed by atoms with Crippen LogP contribution in [-0.2, 0) is 12.8 Å². The molecule has 0 aliphatic rings. The number of amides is 1. The van der Waals surface area contributed by atoms with Crippen molar-refractivity contribution in [1.82, 2.24) is 10.2 Å². The zero-order valence-electron chi connectivity index (χ0n) is 11.6. The van der Waals surface area contributed by atoms with Crippen molar-refractivity contribution in [3.05, 3.63) is 47.2 Å². The molecule has 106 valence electrons. The average molecular weight is 272 g/mol. The van der Waals surface area contributed by atoms with Gasteiger partial charge in [0.1, 0.15) is 0 Å². The van der Waals surface area contributed by atoms with Crippen LogP contribution >= 0.6 is 0 Å². The minimum absolute atomic E-state index is 0.154. The Morgan fingerprint density at radius 1 is 1.30 bits per heavy atom. The largest absolute Gasteiger partial charge is 0.330 e. The van der Waals surface area contributed by atoms with E-state index in [0.29, 0.717) is 17.9 Å². The minimum Gasteiger partial charge on any atom is -0.330 e. The maximum atomic E-state index is 12.1. The lowest BCUT2D eigenvalue weighted by Gasteiger charge is -2.03. The molecule has 5 heteroatoms. The Bertz CT molecular complexity index is 560. The van der Waals surface area contributed by atoms with E-state index in [4.69, 9.17) is 5.73 Å². The first-order valence-electron chi connectivity index (χ1n) is 6.87. The Morgan fingerprint density at radius 3 is 2.70 bits per heavy atom. The second-order valence-electron chi connectivity index (χ2n) is 4.72. The van der Waals surface area contributed by atoms with Gasteiger partial charge in [0.05, 0.1) is 0 Å². The number of carbonyl (C=O) groups is 1. The van der Waals surface area contributed by atoms with Gasteiger partial charge in [0, 0.05) is 17.3 Å². The summed E-state index contributed by atoms with van der Waals surface area (Å²) in [5.41, 5.74) is 8.28. The lowest BCUT2D eigenvalue weighted by Crippen LogP contribution is -2.12. The van der Waals surface area contributed by atoms with Crippen LogP contribution in [0.15, 0.2) is 30.3 Å². The standard InChI is InChI=1S/C15H20N4O/c1-2-3-13-10-14(19-18-13)17-15(20)12-6-4-11(5-7-12)8-9-16/h4-7,10H,2-3,8-9,16H2,1H3,(H2,17,18,19,20). The molecule has 1 heterocycles. The molecule has 0 aliphatic heterocycles. The van der Waals surface area contributed by atoms with Crippen LogP contribution in [0.1, 0.15) is 35.0 Å². The molecule has 4 N–H and O–H groups in total. The molecule has 0 spiro atoms. The molecule has 0 saturated heterocycles. The van der Waals surface area contributed by atoms with Crippen molar-refractivity contribution in [3.8, 4) is 0 Å². The van der Waals surface area contributed by atoms with Crippen LogP contribution in [0.3, 0.4) is 0 Å². The lowest BCUT2D eigenvalue weighted by molar-refractivity contribution is 0.102. The van der Waals surface area contributed by atoms with Gasteiger partial charge in [-0.1, -0.05) is 25.5 Å². The summed E-state index contributed by atoms with van der Waals surface area (Å²) < 4.78 is 0. The molecule has 5 nitrogen and oxygen atoms in total. The summed E-state index contributed by atoms with van der Waals surface area (Å²) in [6, 6.07) is 9.33. The number of aryl methyl sites for hydroxylation is 1. The Labute approximate surface area is 118 Å². The normalized spacial score (nSPS) is 10.5. The molecule has 1 aromatic carbocycles. The third kappa shape index (κ3) is 3.68. The van der Waals surface area contributed by atoms with E-state index in [0.717, 1.165) is 30.5 Å². The predicted octanol–water partition coefficient (Wildman–Crippen LogP) is 2.12. The van der Waals surface area contributed by atoms with Gasteiger partial charge in [0.2, 0.25) is 0 Å². The highest BCUT2D eigenvalue weighted by atomic mass is 16.1. The van der Waals surface area contributed by atoms with Gasteiger partial charge in [-0.25, -0.2) is 0 Å². The van der Waals surface area contributed by atoms with E-state index in [2.05, 4.69) is 22.4 Å². The van der Waals surface area contributed by atoms with E-state index < -0.39 is 0 Å². The average Bonchev–Trinajstić information content (AvgIpc) is 2.88. The monoisotopic (exact) mass is 272 g/mol. The molecule has 2 aromatic rings. The smallest absolute Gasteiger partial charge is 0.256 e. The van der Waals surface area contributed by atoms with Crippen LogP contribution in [0.5, 0.6) is 0 Å². The second kappa shape index (κ2) is 6.86. The first kappa shape index (κ1) is 14.3. The number of nitrogens with two attached hydrogens (primary N) is 1. The highest BCUT2D eigenvalue weighted by Gasteiger charge is 2.08. The number of aromatic amines is 1. The molecule has 0 bridgehead atoms. The van der Waals surface area contributed by atoms with Crippen molar-refractivity contribution in [1.29, 1.82) is 0 Å². The van der Waals surface area contributed by atoms with Crippen molar-refractivity contribution in [2.75, 3.05) is 11.9 Å². The summed E-state index contributed by atoms with van der Waals surface area (Å²) in [6.45, 7) is 2.71. The van der Waals surface area contributed by atoms with Crippen LogP contribution in [0.25, 0.3) is 0 Å². The summed E-state index contributed by atoms with van der Waals surface area (Å²) >= 11 is 0. The quantitative estimate of drug-likeness (QED) is 0.753. The van der Waals surface area contributed by atoms with Crippen LogP contribution in [0.4, 0.5) is 5.82 Å². The number of hydrogen-bond acceptors (Lipinski definition) is 3. The van der Waals surface area contributed by atoms with Crippen LogP contribution in [-0.4, -0.2) is 22.6 Å². The van der Waals surface area contributed by atoms with Gasteiger partial charge in [-0.05, 0) is 37.1 Å². The third-order valence-corrected chi connectivity index (χ3v) is 3.04. The highest BCUT2D eigenvalue weighted by molar-refractivity contribution is 6.03. The summed E-state index contributed by atoms with van der Waals surface area (Å²) in [5, 5.41) is 9.77. The van der Waals surface area contributed by atoms with Crippen molar-refractivity contribution < 1.29 is 4.79 Å². The highest BCUT2D eigenvalue weighted by Crippen LogP contribution is 2.10. The van der Waals surface area contributed by atoms with Crippen LogP contribution < -0.4 is 11.1 Å². The van der Waals surface area contributed by atoms with Crippen LogP contribution in [0, 0.1) is 0 Å². The zero-order valence-corrected chi connectivity index (χ0v) is 11.6. The fraction of sp³-hybridized carbons (Fsp3) is 0.333. The molecule has 20 heavy (non-hydrogen) atoms. The number of hydrogen-bond donors (Lipinski definition) is 3. The molecule has 0 radical (unpaired) electrons. The van der Waals surface area contributed by atoms with Crippen LogP contribution in [0.2, 0.25) is 0 Å². The van der Waals surface area contributed by atoms with Gasteiger partial charge in [-0.2, -0.15) is 5.10 Å². The summed E-state index contributed by atoms with van der Waals surface area (Å²) in [6.07, 6.45) is 2.79. The molecule has 1 amide bonds. The number of carbonyl (C=O) groups excluding carboxylic acids is 1. The first-order valence-corrected chi connectivity index (χ1v) is 6.87. The predicted molar refractivity (Wildman–Crippen MR) is 79.7 cm³/mol. The first-order chi connectivity index (χ1) is 9.72. The summed E-state index contributed by atoms with van der Waals surface area (Å²) in [5.74, 6) is 0.406. The number of rotatable bonds is 6. The van der Waals surface area contributed by atoms with Crippen molar-refractivity contribution in [3.63, 3.8) is 0 Å². The van der Waals surface area contributed by atoms with Gasteiger partial charge >= 0.3 is 0 Å². The maximum absolute atomic E-state index is 12.1. The number of aromatic nitrogens is 2. The number of H-pyrrole nitrogens is 1. The molecule has 0 atom stereocenters. The molecule has 0 saturated carbocycles. The molecule has 2 rings (SSSR count). The fourth-order valence-electron chi connectivity index (χ4n) is 2.00. The zero-order chi connectivity index (χ0) is 14.4. The molecule has 0 fully saturated rings. The summed E-state index contributed by atoms with van der Waals surface area (Å²) in [4.78, 5) is 12.1. The number of nitrogens with zero attached hydrogens (tertiary/aromatic N) is 1. The van der Waals surface area contributed by atoms with Crippen molar-refractivity contribution >= 4 is 11.7 Å². The molecule has 1 aromatic heterocycles. The fourth-order valence-corrected chi connectivity index (χ4v) is 2.00. The summed E-state index contributed by atoms with van der Waals surface area (Å²) in [7, 11) is 0. The van der Waals surface area contributed by atoms with Gasteiger partial charge in [0.15, 0.2) is 5.82 Å². The minimum atomic E-state index is -0.154. The Balaban J connectivity index is 1.99. The Kier molecular flexibility index (Phi) is 4.90. The Morgan fingerprint density at radius 2 is 2.05 bits per heavy atom. The number of benzene rings is 1. The Hall–Kier alpha value is -2.14. The van der Waals surface area contributed by atoms with E-state index in [1.807, 2.05) is 18.2 Å². The van der Waals surface area contributed by atoms with E-state index in [-0.39, 0.29) is 5.91 Å². The van der Waals surface area contributed by atoms with E-state index in [1.165, 1.54) is 0 Å². The van der Waals surface area contributed by atoms with Gasteiger partial charge in [0.25, 0.3) is 5.91 Å². The topological polar surface area (TPSA) is 83.8 Å². The molecule has 0 aliphatic carbocycles. The van der Waals surface area contributed by atoms with Crippen molar-refractivity contribution in [2.24, 2.45) is 5.73 Å². The SMILES string of the molecule is CCCc1cc(NC(=O)c2ccc(CCN)cc2)n[nH]1. The van der Waals surface area contributed by atoms with Gasteiger partial charge in [-0.3, -0.25) is 9.89 Å². The maximum Gasteiger partial charge on any atom is 0.256 e. The van der Waals surface area contributed by atoms with Gasteiger partial charge < -0.3 is 11.1 Å². The van der Waals surface area contributed by atoms with E-state index in [1.54, 1.807) is 12.1 Å². The number of nitrogens with one attached hydrogen (secondary N) is 2. The van der Waals surface area contributed by atoms with E-state index in [9.17, 15) is 4.79 Å². The second-order valence-corrected chi connectivity index (χ2v) is 4.72. The van der Waals surface area contributed by atoms with E-state index >= 15 is 0 Å². The lowest BCUT2D eigenvalue weighted by atomic mass is 10.1. The third-order valence-electron chi connectivity index (χ3n) is 3.04. The van der Waals surface area contributed by atoms with Crippen molar-refractivity contribution in [2.45, 2.75) is 26.2 Å². The number of anilines is 1. The molecular weight excluding hydrogens is 252 g/mol. The van der Waals surface area contributed by atoms with Gasteiger partial charge in [-0.15, -0.1) is 0 Å².